The van der Waals surface area contributed by atoms with Gasteiger partial charge in [0, 0.05) is 10.6 Å². The average molecular weight is 264 g/mol. The van der Waals surface area contributed by atoms with Crippen molar-refractivity contribution in [2.75, 3.05) is 5.75 Å². The number of benzene rings is 1. The molecule has 98 valence electrons. The molecule has 0 saturated carbocycles. The van der Waals surface area contributed by atoms with E-state index in [9.17, 15) is 4.79 Å². The number of carbonyl (C=O) groups excluding carboxylic acids is 1. The van der Waals surface area contributed by atoms with Crippen LogP contribution in [0.3, 0.4) is 0 Å². The van der Waals surface area contributed by atoms with Crippen molar-refractivity contribution in [1.82, 2.24) is 5.32 Å². The van der Waals surface area contributed by atoms with E-state index >= 15 is 0 Å². The van der Waals surface area contributed by atoms with Crippen LogP contribution in [0, 0.1) is 0 Å². The monoisotopic (exact) mass is 264 g/mol. The van der Waals surface area contributed by atoms with Crippen LogP contribution in [-0.4, -0.2) is 17.7 Å². The van der Waals surface area contributed by atoms with Crippen molar-refractivity contribution < 1.29 is 4.79 Å². The number of hydrogen-bond acceptors (Lipinski definition) is 3. The molecule has 0 radical (unpaired) electrons. The van der Waals surface area contributed by atoms with Gasteiger partial charge in [-0.05, 0) is 24.5 Å². The Bertz CT molecular complexity index is 422. The molecule has 18 heavy (non-hydrogen) atoms. The van der Waals surface area contributed by atoms with Gasteiger partial charge in [-0.3, -0.25) is 4.79 Å². The molecule has 0 unspecified atom stereocenters. The molecule has 1 aliphatic heterocycles. The fourth-order valence-corrected chi connectivity index (χ4v) is 3.34. The minimum absolute atomic E-state index is 0.0245. The highest BCUT2D eigenvalue weighted by Gasteiger charge is 2.23. The minimum Gasteiger partial charge on any atom is -0.348 e. The van der Waals surface area contributed by atoms with Gasteiger partial charge in [0.25, 0.3) is 0 Å². The number of fused-ring (bicyclic) bond motifs is 1. The van der Waals surface area contributed by atoms with Crippen LogP contribution in [0.1, 0.15) is 37.8 Å². The van der Waals surface area contributed by atoms with Crippen molar-refractivity contribution in [1.29, 1.82) is 0 Å². The van der Waals surface area contributed by atoms with Gasteiger partial charge < -0.3 is 11.1 Å². The number of rotatable bonds is 4. The maximum atomic E-state index is 12.0. The predicted molar refractivity (Wildman–Crippen MR) is 75.6 cm³/mol. The van der Waals surface area contributed by atoms with Gasteiger partial charge in [0.05, 0.1) is 12.1 Å². The largest absolute Gasteiger partial charge is 0.348 e. The molecule has 0 saturated heterocycles. The predicted octanol–water partition coefficient (Wildman–Crippen LogP) is 2.47. The molecule has 3 N–H and O–H groups in total. The summed E-state index contributed by atoms with van der Waals surface area (Å²) in [6.07, 6.45) is 2.66. The number of carbonyl (C=O) groups is 1. The third kappa shape index (κ3) is 3.06. The summed E-state index contributed by atoms with van der Waals surface area (Å²) < 4.78 is 0. The van der Waals surface area contributed by atoms with Crippen molar-refractivity contribution >= 4 is 17.7 Å². The zero-order valence-electron chi connectivity index (χ0n) is 10.7. The van der Waals surface area contributed by atoms with E-state index in [1.165, 1.54) is 10.5 Å². The van der Waals surface area contributed by atoms with Gasteiger partial charge in [0.2, 0.25) is 5.91 Å². The van der Waals surface area contributed by atoms with Crippen LogP contribution in [0.25, 0.3) is 0 Å². The van der Waals surface area contributed by atoms with Crippen LogP contribution in [0.4, 0.5) is 0 Å². The molecule has 0 bridgehead atoms. The highest BCUT2D eigenvalue weighted by atomic mass is 32.2. The summed E-state index contributed by atoms with van der Waals surface area (Å²) in [6.45, 7) is 2.04. The Balaban J connectivity index is 2.05. The first-order chi connectivity index (χ1) is 8.72. The molecule has 1 amide bonds. The maximum Gasteiger partial charge on any atom is 0.237 e. The first kappa shape index (κ1) is 13.4. The Morgan fingerprint density at radius 1 is 1.56 bits per heavy atom. The molecule has 1 heterocycles. The standard InChI is InChI=1S/C14H20N2OS/c1-2-5-11(15)14(17)16-12-8-9-18-13-7-4-3-6-10(12)13/h3-4,6-7,11-12H,2,5,8-9,15H2,1H3,(H,16,17)/t11-,12-/m1/s1. The van der Waals surface area contributed by atoms with Crippen LogP contribution in [0.2, 0.25) is 0 Å². The fourth-order valence-electron chi connectivity index (χ4n) is 2.21. The van der Waals surface area contributed by atoms with E-state index in [2.05, 4.69) is 17.4 Å². The summed E-state index contributed by atoms with van der Waals surface area (Å²) in [7, 11) is 0. The Morgan fingerprint density at radius 3 is 3.11 bits per heavy atom. The first-order valence-electron chi connectivity index (χ1n) is 6.50. The lowest BCUT2D eigenvalue weighted by Crippen LogP contribution is -2.42. The Morgan fingerprint density at radius 2 is 2.33 bits per heavy atom. The maximum absolute atomic E-state index is 12.0. The van der Waals surface area contributed by atoms with Crippen molar-refractivity contribution in [3.05, 3.63) is 29.8 Å². The third-order valence-corrected chi connectivity index (χ3v) is 4.33. The molecule has 1 aromatic rings. The smallest absolute Gasteiger partial charge is 0.237 e. The topological polar surface area (TPSA) is 55.1 Å². The van der Waals surface area contributed by atoms with Crippen molar-refractivity contribution in [2.45, 2.75) is 43.2 Å². The van der Waals surface area contributed by atoms with Gasteiger partial charge in [0.1, 0.15) is 0 Å². The van der Waals surface area contributed by atoms with Crippen LogP contribution < -0.4 is 11.1 Å². The van der Waals surface area contributed by atoms with Gasteiger partial charge in [0.15, 0.2) is 0 Å². The lowest BCUT2D eigenvalue weighted by molar-refractivity contribution is -0.123. The number of amides is 1. The first-order valence-corrected chi connectivity index (χ1v) is 7.48. The van der Waals surface area contributed by atoms with E-state index in [0.29, 0.717) is 0 Å². The van der Waals surface area contributed by atoms with Crippen molar-refractivity contribution in [3.8, 4) is 0 Å². The molecule has 0 aromatic heterocycles. The molecule has 1 aliphatic rings. The molecule has 2 rings (SSSR count). The number of nitrogens with two attached hydrogens (primary N) is 1. The minimum atomic E-state index is -0.378. The Labute approximate surface area is 113 Å². The summed E-state index contributed by atoms with van der Waals surface area (Å²) in [6, 6.07) is 8.02. The van der Waals surface area contributed by atoms with Gasteiger partial charge >= 0.3 is 0 Å². The van der Waals surface area contributed by atoms with Crippen LogP contribution >= 0.6 is 11.8 Å². The Kier molecular flexibility index (Phi) is 4.66. The summed E-state index contributed by atoms with van der Waals surface area (Å²) >= 11 is 1.86. The third-order valence-electron chi connectivity index (χ3n) is 3.21. The van der Waals surface area contributed by atoms with Crippen LogP contribution in [0.15, 0.2) is 29.2 Å². The Hall–Kier alpha value is -1.00. The zero-order chi connectivity index (χ0) is 13.0. The van der Waals surface area contributed by atoms with Gasteiger partial charge in [-0.2, -0.15) is 0 Å². The molecular formula is C14H20N2OS. The van der Waals surface area contributed by atoms with Gasteiger partial charge in [-0.1, -0.05) is 31.5 Å². The fraction of sp³-hybridized carbons (Fsp3) is 0.500. The number of nitrogens with one attached hydrogen (secondary N) is 1. The van der Waals surface area contributed by atoms with E-state index in [4.69, 9.17) is 5.73 Å². The summed E-state index contributed by atoms with van der Waals surface area (Å²) in [5.41, 5.74) is 7.08. The number of thioether (sulfide) groups is 1. The van der Waals surface area contributed by atoms with E-state index in [1.54, 1.807) is 0 Å². The summed E-state index contributed by atoms with van der Waals surface area (Å²) in [4.78, 5) is 13.2. The van der Waals surface area contributed by atoms with E-state index in [-0.39, 0.29) is 18.0 Å². The molecule has 3 nitrogen and oxygen atoms in total. The average Bonchev–Trinajstić information content (AvgIpc) is 2.39. The van der Waals surface area contributed by atoms with Gasteiger partial charge in [-0.15, -0.1) is 11.8 Å². The molecular weight excluding hydrogens is 244 g/mol. The second-order valence-corrected chi connectivity index (χ2v) is 5.77. The molecule has 2 atom stereocenters. The summed E-state index contributed by atoms with van der Waals surface area (Å²) in [5, 5.41) is 3.08. The summed E-state index contributed by atoms with van der Waals surface area (Å²) in [5.74, 6) is 1.02. The SMILES string of the molecule is CCC[C@@H](N)C(=O)N[C@@H]1CCSc2ccccc21. The van der Waals surface area contributed by atoms with Crippen molar-refractivity contribution in [2.24, 2.45) is 5.73 Å². The normalized spacial score (nSPS) is 20.0. The lowest BCUT2D eigenvalue weighted by atomic mass is 10.0. The quantitative estimate of drug-likeness (QED) is 0.878. The molecule has 1 aromatic carbocycles. The molecule has 0 aliphatic carbocycles. The number of hydrogen-bond donors (Lipinski definition) is 2. The molecule has 4 heteroatoms. The van der Waals surface area contributed by atoms with E-state index < -0.39 is 0 Å². The van der Waals surface area contributed by atoms with E-state index in [1.807, 2.05) is 30.8 Å². The molecule has 0 spiro atoms. The second kappa shape index (κ2) is 6.25. The highest BCUT2D eigenvalue weighted by Crippen LogP contribution is 2.35. The van der Waals surface area contributed by atoms with Gasteiger partial charge in [-0.25, -0.2) is 0 Å². The van der Waals surface area contributed by atoms with Crippen molar-refractivity contribution in [3.63, 3.8) is 0 Å². The highest BCUT2D eigenvalue weighted by molar-refractivity contribution is 7.99. The van der Waals surface area contributed by atoms with Crippen LogP contribution in [-0.2, 0) is 4.79 Å². The molecule has 0 fully saturated rings. The lowest BCUT2D eigenvalue weighted by Gasteiger charge is -2.27. The van der Waals surface area contributed by atoms with Crippen LogP contribution in [0.5, 0.6) is 0 Å². The second-order valence-electron chi connectivity index (χ2n) is 4.63. The van der Waals surface area contributed by atoms with E-state index in [0.717, 1.165) is 25.0 Å². The zero-order valence-corrected chi connectivity index (χ0v) is 11.5.